The van der Waals surface area contributed by atoms with E-state index in [1.54, 1.807) is 4.68 Å². The number of carbonyl (C=O) groups excluding carboxylic acids is 1. The lowest BCUT2D eigenvalue weighted by Crippen LogP contribution is -2.33. The summed E-state index contributed by atoms with van der Waals surface area (Å²) in [7, 11) is 1.88. The monoisotopic (exact) mass is 373 g/mol. The van der Waals surface area contributed by atoms with Gasteiger partial charge >= 0.3 is 0 Å². The zero-order chi connectivity index (χ0) is 18.3. The highest BCUT2D eigenvalue weighted by atomic mass is 32.2. The Morgan fingerprint density at radius 2 is 2.04 bits per heavy atom. The first-order valence-electron chi connectivity index (χ1n) is 8.85. The van der Waals surface area contributed by atoms with Crippen LogP contribution in [0.4, 0.5) is 0 Å². The molecule has 6 nitrogen and oxygen atoms in total. The quantitative estimate of drug-likeness (QED) is 0.810. The molecule has 1 aromatic carbocycles. The van der Waals surface area contributed by atoms with Crippen LogP contribution in [0.1, 0.15) is 39.0 Å². The molecule has 0 aliphatic carbocycles. The fourth-order valence-corrected chi connectivity index (χ4v) is 4.82. The molecule has 2 aliphatic heterocycles. The van der Waals surface area contributed by atoms with Crippen molar-refractivity contribution < 1.29 is 14.3 Å². The Morgan fingerprint density at radius 1 is 1.23 bits per heavy atom. The van der Waals surface area contributed by atoms with Crippen molar-refractivity contribution in [2.24, 2.45) is 7.05 Å². The zero-order valence-corrected chi connectivity index (χ0v) is 16.1. The summed E-state index contributed by atoms with van der Waals surface area (Å²) in [5, 5.41) is 4.74. The number of aromatic nitrogens is 2. The summed E-state index contributed by atoms with van der Waals surface area (Å²) in [6.45, 7) is 5.66. The first kappa shape index (κ1) is 17.3. The van der Waals surface area contributed by atoms with Gasteiger partial charge in [-0.25, -0.2) is 0 Å². The number of hydrogen-bond donors (Lipinski definition) is 0. The van der Waals surface area contributed by atoms with Gasteiger partial charge in [-0.3, -0.25) is 9.48 Å². The molecule has 1 atom stereocenters. The standard InChI is InChI=1S/C19H23N3O3S/c1-12-18(13(2)21(3)20-12)19(23)22-7-6-17(26-9-8-22)14-4-5-15-16(10-14)25-11-24-15/h4-5,10,17H,6-9,11H2,1-3H3. The Balaban J connectivity index is 1.49. The maximum absolute atomic E-state index is 13.0. The molecule has 0 spiro atoms. The lowest BCUT2D eigenvalue weighted by Gasteiger charge is -2.20. The van der Waals surface area contributed by atoms with Crippen LogP contribution in [0.25, 0.3) is 0 Å². The number of benzene rings is 1. The molecule has 0 radical (unpaired) electrons. The van der Waals surface area contributed by atoms with Gasteiger partial charge in [0.05, 0.1) is 11.3 Å². The molecule has 7 heteroatoms. The molecule has 1 unspecified atom stereocenters. The van der Waals surface area contributed by atoms with E-state index in [9.17, 15) is 4.79 Å². The number of aryl methyl sites for hydroxylation is 2. The molecule has 1 fully saturated rings. The van der Waals surface area contributed by atoms with Crippen LogP contribution >= 0.6 is 11.8 Å². The molecule has 26 heavy (non-hydrogen) atoms. The summed E-state index contributed by atoms with van der Waals surface area (Å²) in [4.78, 5) is 15.0. The Morgan fingerprint density at radius 3 is 2.81 bits per heavy atom. The van der Waals surface area contributed by atoms with Gasteiger partial charge in [-0.1, -0.05) is 6.07 Å². The predicted octanol–water partition coefficient (Wildman–Crippen LogP) is 3.09. The number of ether oxygens (including phenoxy) is 2. The summed E-state index contributed by atoms with van der Waals surface area (Å²) < 4.78 is 12.7. The summed E-state index contributed by atoms with van der Waals surface area (Å²) in [5.74, 6) is 2.65. The van der Waals surface area contributed by atoms with Crippen LogP contribution in [0.15, 0.2) is 18.2 Å². The second-order valence-electron chi connectivity index (χ2n) is 6.72. The Hall–Kier alpha value is -2.15. The van der Waals surface area contributed by atoms with Crippen LogP contribution in [0.5, 0.6) is 11.5 Å². The van der Waals surface area contributed by atoms with E-state index in [1.807, 2.05) is 43.6 Å². The normalized spacial score (nSPS) is 19.5. The van der Waals surface area contributed by atoms with Crippen molar-refractivity contribution in [2.45, 2.75) is 25.5 Å². The second kappa shape index (κ2) is 6.87. The lowest BCUT2D eigenvalue weighted by molar-refractivity contribution is 0.0765. The van der Waals surface area contributed by atoms with E-state index in [1.165, 1.54) is 5.56 Å². The van der Waals surface area contributed by atoms with E-state index in [2.05, 4.69) is 17.2 Å². The topological polar surface area (TPSA) is 56.6 Å². The van der Waals surface area contributed by atoms with E-state index < -0.39 is 0 Å². The predicted molar refractivity (Wildman–Crippen MR) is 101 cm³/mol. The lowest BCUT2D eigenvalue weighted by atomic mass is 10.1. The van der Waals surface area contributed by atoms with Crippen LogP contribution in [0.2, 0.25) is 0 Å². The number of nitrogens with zero attached hydrogens (tertiary/aromatic N) is 3. The number of thioether (sulfide) groups is 1. The third-order valence-electron chi connectivity index (χ3n) is 5.12. The first-order chi connectivity index (χ1) is 12.5. The molecule has 0 bridgehead atoms. The van der Waals surface area contributed by atoms with Crippen molar-refractivity contribution in [3.63, 3.8) is 0 Å². The molecule has 1 amide bonds. The van der Waals surface area contributed by atoms with Gasteiger partial charge < -0.3 is 14.4 Å². The van der Waals surface area contributed by atoms with Gasteiger partial charge in [0.15, 0.2) is 11.5 Å². The van der Waals surface area contributed by atoms with Gasteiger partial charge in [0, 0.05) is 36.8 Å². The fraction of sp³-hybridized carbons (Fsp3) is 0.474. The van der Waals surface area contributed by atoms with Crippen LogP contribution in [-0.4, -0.2) is 46.2 Å². The highest BCUT2D eigenvalue weighted by Crippen LogP contribution is 2.40. The molecular formula is C19H23N3O3S. The number of hydrogen-bond acceptors (Lipinski definition) is 5. The van der Waals surface area contributed by atoms with Crippen molar-refractivity contribution in [1.82, 2.24) is 14.7 Å². The van der Waals surface area contributed by atoms with E-state index in [0.29, 0.717) is 12.0 Å². The second-order valence-corrected chi connectivity index (χ2v) is 8.03. The summed E-state index contributed by atoms with van der Waals surface area (Å²) in [5.41, 5.74) is 3.72. The van der Waals surface area contributed by atoms with Gasteiger partial charge in [-0.05, 0) is 38.0 Å². The van der Waals surface area contributed by atoms with Crippen molar-refractivity contribution in [1.29, 1.82) is 0 Å². The molecule has 0 saturated carbocycles. The van der Waals surface area contributed by atoms with Crippen LogP contribution in [0, 0.1) is 13.8 Å². The summed E-state index contributed by atoms with van der Waals surface area (Å²) in [6.07, 6.45) is 0.925. The number of amides is 1. The average Bonchev–Trinajstić information content (AvgIpc) is 3.08. The van der Waals surface area contributed by atoms with Gasteiger partial charge in [0.25, 0.3) is 5.91 Å². The van der Waals surface area contributed by atoms with E-state index in [-0.39, 0.29) is 5.91 Å². The van der Waals surface area contributed by atoms with Gasteiger partial charge in [-0.15, -0.1) is 0 Å². The minimum atomic E-state index is 0.0973. The minimum absolute atomic E-state index is 0.0973. The fourth-order valence-electron chi connectivity index (χ4n) is 3.59. The van der Waals surface area contributed by atoms with Gasteiger partial charge in [0.2, 0.25) is 6.79 Å². The highest BCUT2D eigenvalue weighted by Gasteiger charge is 2.27. The molecule has 138 valence electrons. The largest absolute Gasteiger partial charge is 0.454 e. The molecule has 2 aromatic rings. The van der Waals surface area contributed by atoms with Crippen molar-refractivity contribution in [3.05, 3.63) is 40.7 Å². The van der Waals surface area contributed by atoms with E-state index >= 15 is 0 Å². The van der Waals surface area contributed by atoms with Gasteiger partial charge in [0.1, 0.15) is 0 Å². The molecule has 4 rings (SSSR count). The van der Waals surface area contributed by atoms with Crippen LogP contribution < -0.4 is 9.47 Å². The van der Waals surface area contributed by atoms with Crippen molar-refractivity contribution in [3.8, 4) is 11.5 Å². The highest BCUT2D eigenvalue weighted by molar-refractivity contribution is 7.99. The number of fused-ring (bicyclic) bond motifs is 1. The van der Waals surface area contributed by atoms with Crippen molar-refractivity contribution >= 4 is 17.7 Å². The van der Waals surface area contributed by atoms with Gasteiger partial charge in [-0.2, -0.15) is 16.9 Å². The zero-order valence-electron chi connectivity index (χ0n) is 15.3. The number of rotatable bonds is 2. The first-order valence-corrected chi connectivity index (χ1v) is 9.90. The molecule has 1 saturated heterocycles. The van der Waals surface area contributed by atoms with E-state index in [0.717, 1.165) is 53.7 Å². The van der Waals surface area contributed by atoms with Crippen LogP contribution in [0.3, 0.4) is 0 Å². The Labute approximate surface area is 157 Å². The Kier molecular flexibility index (Phi) is 4.56. The smallest absolute Gasteiger partial charge is 0.257 e. The molecule has 2 aliphatic rings. The molecule has 3 heterocycles. The Bertz CT molecular complexity index is 849. The molecule has 1 aromatic heterocycles. The third kappa shape index (κ3) is 3.05. The minimum Gasteiger partial charge on any atom is -0.454 e. The van der Waals surface area contributed by atoms with Crippen LogP contribution in [-0.2, 0) is 7.05 Å². The maximum atomic E-state index is 13.0. The summed E-state index contributed by atoms with van der Waals surface area (Å²) >= 11 is 1.90. The van der Waals surface area contributed by atoms with Crippen molar-refractivity contribution in [2.75, 3.05) is 25.6 Å². The number of carbonyl (C=O) groups is 1. The van der Waals surface area contributed by atoms with E-state index in [4.69, 9.17) is 9.47 Å². The SMILES string of the molecule is Cc1nn(C)c(C)c1C(=O)N1CCSC(c2ccc3c(c2)OCO3)CC1. The maximum Gasteiger partial charge on any atom is 0.257 e. The average molecular weight is 373 g/mol. The summed E-state index contributed by atoms with van der Waals surface area (Å²) in [6, 6.07) is 6.17. The molecular weight excluding hydrogens is 350 g/mol. The third-order valence-corrected chi connectivity index (χ3v) is 6.45. The molecule has 0 N–H and O–H groups in total.